The van der Waals surface area contributed by atoms with Gasteiger partial charge in [-0.05, 0) is 6.07 Å². The van der Waals surface area contributed by atoms with Crippen molar-refractivity contribution in [3.8, 4) is 5.75 Å². The number of nitrogens with one attached hydrogen (secondary N) is 2. The van der Waals surface area contributed by atoms with Crippen LogP contribution in [0.3, 0.4) is 0 Å². The van der Waals surface area contributed by atoms with Crippen LogP contribution in [0.4, 0.5) is 0 Å². The molecule has 0 spiro atoms. The Hall–Kier alpha value is -1.81. The Labute approximate surface area is 94.7 Å². The summed E-state index contributed by atoms with van der Waals surface area (Å²) >= 11 is 0. The number of aromatic nitrogens is 2. The van der Waals surface area contributed by atoms with E-state index in [2.05, 4.69) is 21.4 Å². The zero-order valence-electron chi connectivity index (χ0n) is 9.23. The lowest BCUT2D eigenvalue weighted by Gasteiger charge is -2.08. The second kappa shape index (κ2) is 5.32. The molecular formula is C12H15N3O. The second-order valence-corrected chi connectivity index (χ2v) is 3.49. The fourth-order valence-corrected chi connectivity index (χ4v) is 1.56. The number of H-pyrrole nitrogens is 1. The lowest BCUT2D eigenvalue weighted by molar-refractivity contribution is 0.407. The first-order chi connectivity index (χ1) is 7.90. The molecule has 0 bridgehead atoms. The molecule has 0 atom stereocenters. The van der Waals surface area contributed by atoms with E-state index in [0.29, 0.717) is 0 Å². The van der Waals surface area contributed by atoms with Gasteiger partial charge in [0.1, 0.15) is 5.75 Å². The first-order valence-electron chi connectivity index (χ1n) is 5.20. The fraction of sp³-hybridized carbons (Fsp3) is 0.250. The number of benzene rings is 1. The molecule has 0 radical (unpaired) electrons. The van der Waals surface area contributed by atoms with Crippen LogP contribution >= 0.6 is 0 Å². The van der Waals surface area contributed by atoms with Crippen LogP contribution in [0, 0.1) is 0 Å². The molecule has 2 aromatic rings. The molecule has 4 heteroatoms. The topological polar surface area (TPSA) is 49.9 Å². The molecule has 0 aliphatic heterocycles. The minimum absolute atomic E-state index is 0.776. The highest BCUT2D eigenvalue weighted by atomic mass is 16.5. The van der Waals surface area contributed by atoms with Crippen LogP contribution in [-0.2, 0) is 13.1 Å². The van der Waals surface area contributed by atoms with Crippen molar-refractivity contribution in [2.45, 2.75) is 13.1 Å². The second-order valence-electron chi connectivity index (χ2n) is 3.49. The molecule has 4 nitrogen and oxygen atoms in total. The maximum Gasteiger partial charge on any atom is 0.123 e. The number of hydrogen-bond donors (Lipinski definition) is 2. The smallest absolute Gasteiger partial charge is 0.123 e. The summed E-state index contributed by atoms with van der Waals surface area (Å²) < 4.78 is 5.27. The van der Waals surface area contributed by atoms with Crippen molar-refractivity contribution >= 4 is 0 Å². The lowest BCUT2D eigenvalue weighted by Crippen LogP contribution is -2.13. The van der Waals surface area contributed by atoms with Crippen LogP contribution in [0.15, 0.2) is 36.8 Å². The first kappa shape index (κ1) is 10.7. The summed E-state index contributed by atoms with van der Waals surface area (Å²) in [6.07, 6.45) is 3.50. The molecule has 2 rings (SSSR count). The van der Waals surface area contributed by atoms with Crippen LogP contribution in [0.25, 0.3) is 0 Å². The Morgan fingerprint density at radius 3 is 2.94 bits per heavy atom. The maximum absolute atomic E-state index is 5.27. The molecule has 0 unspecified atom stereocenters. The van der Waals surface area contributed by atoms with E-state index >= 15 is 0 Å². The fourth-order valence-electron chi connectivity index (χ4n) is 1.56. The highest BCUT2D eigenvalue weighted by Crippen LogP contribution is 2.16. The van der Waals surface area contributed by atoms with Gasteiger partial charge < -0.3 is 15.0 Å². The van der Waals surface area contributed by atoms with Gasteiger partial charge in [-0.3, -0.25) is 0 Å². The quantitative estimate of drug-likeness (QED) is 0.801. The SMILES string of the molecule is COc1ccccc1CNCc1cnc[nH]1. The van der Waals surface area contributed by atoms with E-state index in [1.165, 1.54) is 0 Å². The summed E-state index contributed by atoms with van der Waals surface area (Å²) in [5.41, 5.74) is 2.24. The Morgan fingerprint density at radius 2 is 2.19 bits per heavy atom. The van der Waals surface area contributed by atoms with Crippen LogP contribution in [0.5, 0.6) is 5.75 Å². The molecule has 16 heavy (non-hydrogen) atoms. The number of hydrogen-bond acceptors (Lipinski definition) is 3. The highest BCUT2D eigenvalue weighted by molar-refractivity contribution is 5.32. The first-order valence-corrected chi connectivity index (χ1v) is 5.20. The highest BCUT2D eigenvalue weighted by Gasteiger charge is 2.00. The van der Waals surface area contributed by atoms with Crippen molar-refractivity contribution in [3.63, 3.8) is 0 Å². The van der Waals surface area contributed by atoms with Crippen LogP contribution in [0.1, 0.15) is 11.3 Å². The van der Waals surface area contributed by atoms with Gasteiger partial charge in [0.25, 0.3) is 0 Å². The molecule has 1 heterocycles. The third-order valence-corrected chi connectivity index (χ3v) is 2.38. The van der Waals surface area contributed by atoms with Crippen molar-refractivity contribution in [2.75, 3.05) is 7.11 Å². The molecule has 0 saturated carbocycles. The average Bonchev–Trinajstić information content (AvgIpc) is 2.83. The van der Waals surface area contributed by atoms with Crippen molar-refractivity contribution < 1.29 is 4.74 Å². The van der Waals surface area contributed by atoms with Gasteiger partial charge in [-0.15, -0.1) is 0 Å². The van der Waals surface area contributed by atoms with E-state index in [0.717, 1.165) is 30.1 Å². The van der Waals surface area contributed by atoms with Crippen LogP contribution < -0.4 is 10.1 Å². The van der Waals surface area contributed by atoms with Crippen LogP contribution in [0.2, 0.25) is 0 Å². The molecule has 0 aliphatic rings. The molecule has 0 amide bonds. The van der Waals surface area contributed by atoms with Gasteiger partial charge in [-0.2, -0.15) is 0 Å². The number of nitrogens with zero attached hydrogens (tertiary/aromatic N) is 1. The number of methoxy groups -OCH3 is 1. The normalized spacial score (nSPS) is 10.3. The van der Waals surface area contributed by atoms with E-state index in [1.54, 1.807) is 13.4 Å². The molecular weight excluding hydrogens is 202 g/mol. The van der Waals surface area contributed by atoms with Crippen molar-refractivity contribution in [1.82, 2.24) is 15.3 Å². The molecule has 2 N–H and O–H groups in total. The summed E-state index contributed by atoms with van der Waals surface area (Å²) in [6, 6.07) is 8.00. The van der Waals surface area contributed by atoms with E-state index in [-0.39, 0.29) is 0 Å². The number of aromatic amines is 1. The van der Waals surface area contributed by atoms with Gasteiger partial charge in [0.2, 0.25) is 0 Å². The molecule has 0 saturated heterocycles. The predicted molar refractivity (Wildman–Crippen MR) is 62.1 cm³/mol. The van der Waals surface area contributed by atoms with Gasteiger partial charge in [0, 0.05) is 30.5 Å². The van der Waals surface area contributed by atoms with Gasteiger partial charge in [-0.1, -0.05) is 18.2 Å². The van der Waals surface area contributed by atoms with Crippen molar-refractivity contribution in [2.24, 2.45) is 0 Å². The molecule has 1 aromatic heterocycles. The molecule has 84 valence electrons. The number of imidazole rings is 1. The lowest BCUT2D eigenvalue weighted by atomic mass is 10.2. The van der Waals surface area contributed by atoms with Crippen molar-refractivity contribution in [3.05, 3.63) is 48.0 Å². The summed E-state index contributed by atoms with van der Waals surface area (Å²) in [4.78, 5) is 7.01. The molecule has 0 fully saturated rings. The average molecular weight is 217 g/mol. The zero-order chi connectivity index (χ0) is 11.2. The summed E-state index contributed by atoms with van der Waals surface area (Å²) in [6.45, 7) is 1.56. The predicted octanol–water partition coefficient (Wildman–Crippen LogP) is 1.71. The van der Waals surface area contributed by atoms with Crippen molar-refractivity contribution in [1.29, 1.82) is 0 Å². The monoisotopic (exact) mass is 217 g/mol. The summed E-state index contributed by atoms with van der Waals surface area (Å²) in [5, 5.41) is 3.33. The third kappa shape index (κ3) is 2.61. The Balaban J connectivity index is 1.89. The standard InChI is InChI=1S/C12H15N3O/c1-16-12-5-3-2-4-10(12)6-13-7-11-8-14-9-15-11/h2-5,8-9,13H,6-7H2,1H3,(H,14,15). The minimum Gasteiger partial charge on any atom is -0.496 e. The summed E-state index contributed by atoms with van der Waals surface area (Å²) in [5.74, 6) is 0.916. The van der Waals surface area contributed by atoms with Gasteiger partial charge in [-0.25, -0.2) is 4.98 Å². The summed E-state index contributed by atoms with van der Waals surface area (Å²) in [7, 11) is 1.69. The van der Waals surface area contributed by atoms with Crippen LogP contribution in [-0.4, -0.2) is 17.1 Å². The Kier molecular flexibility index (Phi) is 3.56. The maximum atomic E-state index is 5.27. The van der Waals surface area contributed by atoms with E-state index in [4.69, 9.17) is 4.74 Å². The van der Waals surface area contributed by atoms with Gasteiger partial charge >= 0.3 is 0 Å². The number of ether oxygens (including phenoxy) is 1. The Bertz CT molecular complexity index is 426. The number of rotatable bonds is 5. The zero-order valence-corrected chi connectivity index (χ0v) is 9.23. The van der Waals surface area contributed by atoms with Gasteiger partial charge in [0.05, 0.1) is 13.4 Å². The molecule has 0 aliphatic carbocycles. The van der Waals surface area contributed by atoms with E-state index in [1.807, 2.05) is 24.4 Å². The molecule has 1 aromatic carbocycles. The minimum atomic E-state index is 0.776. The number of para-hydroxylation sites is 1. The largest absolute Gasteiger partial charge is 0.496 e. The van der Waals surface area contributed by atoms with E-state index in [9.17, 15) is 0 Å². The Morgan fingerprint density at radius 1 is 1.31 bits per heavy atom. The van der Waals surface area contributed by atoms with E-state index < -0.39 is 0 Å². The third-order valence-electron chi connectivity index (χ3n) is 2.38. The van der Waals surface area contributed by atoms with Gasteiger partial charge in [0.15, 0.2) is 0 Å².